The predicted octanol–water partition coefficient (Wildman–Crippen LogP) is 2.48. The van der Waals surface area contributed by atoms with Crippen LogP contribution in [-0.4, -0.2) is 40.0 Å². The summed E-state index contributed by atoms with van der Waals surface area (Å²) in [7, 11) is 0. The molecule has 0 radical (unpaired) electrons. The van der Waals surface area contributed by atoms with E-state index < -0.39 is 11.9 Å². The minimum Gasteiger partial charge on any atom is -0.481 e. The molecule has 1 amide bonds. The van der Waals surface area contributed by atoms with E-state index >= 15 is 0 Å². The van der Waals surface area contributed by atoms with Gasteiger partial charge in [-0.05, 0) is 31.9 Å². The second-order valence-electron chi connectivity index (χ2n) is 5.76. The molecule has 1 aliphatic heterocycles. The molecular weight excluding hydrogens is 280 g/mol. The van der Waals surface area contributed by atoms with Gasteiger partial charge < -0.3 is 10.0 Å². The molecule has 3 rings (SSSR count). The molecule has 2 aromatic rings. The molecule has 1 fully saturated rings. The van der Waals surface area contributed by atoms with E-state index in [-0.39, 0.29) is 12.5 Å². The largest absolute Gasteiger partial charge is 0.481 e. The summed E-state index contributed by atoms with van der Waals surface area (Å²) in [6.07, 6.45) is 1.35. The summed E-state index contributed by atoms with van der Waals surface area (Å²) in [6, 6.07) is 9.39. The van der Waals surface area contributed by atoms with Crippen LogP contribution in [0.3, 0.4) is 0 Å². The van der Waals surface area contributed by atoms with Gasteiger partial charge in [-0.15, -0.1) is 0 Å². The first-order valence-electron chi connectivity index (χ1n) is 7.45. The third-order valence-corrected chi connectivity index (χ3v) is 4.15. The van der Waals surface area contributed by atoms with Crippen molar-refractivity contribution in [3.8, 4) is 0 Å². The first kappa shape index (κ1) is 14.5. The first-order valence-corrected chi connectivity index (χ1v) is 7.45. The van der Waals surface area contributed by atoms with E-state index in [1.807, 2.05) is 31.2 Å². The molecule has 1 atom stereocenters. The summed E-state index contributed by atoms with van der Waals surface area (Å²) in [4.78, 5) is 30.1. The van der Waals surface area contributed by atoms with Crippen molar-refractivity contribution >= 4 is 22.8 Å². The smallest absolute Gasteiger partial charge is 0.308 e. The van der Waals surface area contributed by atoms with E-state index in [1.165, 1.54) is 0 Å². The molecule has 114 valence electrons. The zero-order chi connectivity index (χ0) is 15.7. The Morgan fingerprint density at radius 2 is 2.09 bits per heavy atom. The Balaban J connectivity index is 1.95. The quantitative estimate of drug-likeness (QED) is 0.924. The number of hydrogen-bond donors (Lipinski definition) is 1. The highest BCUT2D eigenvalue weighted by molar-refractivity contribution is 6.05. The molecule has 1 unspecified atom stereocenters. The fourth-order valence-corrected chi connectivity index (χ4v) is 2.95. The van der Waals surface area contributed by atoms with Crippen molar-refractivity contribution in [3.63, 3.8) is 0 Å². The number of pyridine rings is 1. The average Bonchev–Trinajstić information content (AvgIpc) is 2.53. The maximum Gasteiger partial charge on any atom is 0.308 e. The number of amides is 1. The van der Waals surface area contributed by atoms with Crippen LogP contribution in [0.15, 0.2) is 30.3 Å². The molecular formula is C17H18N2O3. The molecule has 0 aliphatic carbocycles. The van der Waals surface area contributed by atoms with Gasteiger partial charge in [-0.1, -0.05) is 18.2 Å². The monoisotopic (exact) mass is 298 g/mol. The number of rotatable bonds is 2. The highest BCUT2D eigenvalue weighted by Crippen LogP contribution is 2.23. The number of hydrogen-bond acceptors (Lipinski definition) is 3. The Morgan fingerprint density at radius 3 is 2.86 bits per heavy atom. The average molecular weight is 298 g/mol. The Kier molecular flexibility index (Phi) is 3.79. The zero-order valence-electron chi connectivity index (χ0n) is 12.5. The van der Waals surface area contributed by atoms with Crippen LogP contribution in [0, 0.1) is 12.8 Å². The molecule has 1 aromatic heterocycles. The maximum absolute atomic E-state index is 12.8. The Hall–Kier alpha value is -2.43. The predicted molar refractivity (Wildman–Crippen MR) is 82.7 cm³/mol. The zero-order valence-corrected chi connectivity index (χ0v) is 12.5. The number of benzene rings is 1. The number of piperidine rings is 1. The molecule has 1 N–H and O–H groups in total. The molecule has 22 heavy (non-hydrogen) atoms. The number of carboxylic acid groups (broad SMARTS) is 1. The van der Waals surface area contributed by atoms with Crippen LogP contribution in [0.4, 0.5) is 0 Å². The third-order valence-electron chi connectivity index (χ3n) is 4.15. The molecule has 1 aliphatic rings. The number of nitrogens with zero attached hydrogens (tertiary/aromatic N) is 2. The van der Waals surface area contributed by atoms with Gasteiger partial charge in [0.15, 0.2) is 0 Å². The molecule has 0 spiro atoms. The number of aromatic nitrogens is 1. The number of carbonyl (C=O) groups excluding carboxylic acids is 1. The fourth-order valence-electron chi connectivity index (χ4n) is 2.95. The van der Waals surface area contributed by atoms with E-state index in [0.29, 0.717) is 24.0 Å². The van der Waals surface area contributed by atoms with Crippen LogP contribution in [0.2, 0.25) is 0 Å². The lowest BCUT2D eigenvalue weighted by atomic mass is 9.97. The summed E-state index contributed by atoms with van der Waals surface area (Å²) in [6.45, 7) is 2.77. The summed E-state index contributed by atoms with van der Waals surface area (Å²) < 4.78 is 0. The number of aliphatic carboxylic acids is 1. The topological polar surface area (TPSA) is 70.5 Å². The van der Waals surface area contributed by atoms with Crippen LogP contribution >= 0.6 is 0 Å². The highest BCUT2D eigenvalue weighted by atomic mass is 16.4. The van der Waals surface area contributed by atoms with Crippen LogP contribution in [0.25, 0.3) is 10.9 Å². The number of likely N-dealkylation sites (tertiary alicyclic amines) is 1. The number of aryl methyl sites for hydroxylation is 1. The minimum absolute atomic E-state index is 0.130. The van der Waals surface area contributed by atoms with Gasteiger partial charge in [0, 0.05) is 24.2 Å². The van der Waals surface area contributed by atoms with Crippen molar-refractivity contribution < 1.29 is 14.7 Å². The maximum atomic E-state index is 12.8. The van der Waals surface area contributed by atoms with E-state index in [4.69, 9.17) is 5.11 Å². The van der Waals surface area contributed by atoms with Gasteiger partial charge in [0.2, 0.25) is 0 Å². The molecule has 0 bridgehead atoms. The van der Waals surface area contributed by atoms with E-state index in [0.717, 1.165) is 17.5 Å². The van der Waals surface area contributed by atoms with Crippen molar-refractivity contribution in [2.75, 3.05) is 13.1 Å². The second-order valence-corrected chi connectivity index (χ2v) is 5.76. The molecule has 1 saturated heterocycles. The van der Waals surface area contributed by atoms with Gasteiger partial charge >= 0.3 is 5.97 Å². The molecule has 1 aromatic carbocycles. The lowest BCUT2D eigenvalue weighted by Crippen LogP contribution is -2.42. The van der Waals surface area contributed by atoms with Crippen molar-refractivity contribution in [2.24, 2.45) is 5.92 Å². The fraction of sp³-hybridized carbons (Fsp3) is 0.353. The van der Waals surface area contributed by atoms with Gasteiger partial charge in [0.1, 0.15) is 0 Å². The Morgan fingerprint density at radius 1 is 1.27 bits per heavy atom. The minimum atomic E-state index is -0.829. The van der Waals surface area contributed by atoms with E-state index in [2.05, 4.69) is 4.98 Å². The number of carboxylic acids is 1. The normalized spacial score (nSPS) is 18.4. The standard InChI is InChI=1S/C17H18N2O3/c1-11-7-8-12-4-2-6-14(15(12)18-11)16(20)19-9-3-5-13(10-19)17(21)22/h2,4,6-8,13H,3,5,9-10H2,1H3,(H,21,22). The summed E-state index contributed by atoms with van der Waals surface area (Å²) in [5.74, 6) is -1.43. The summed E-state index contributed by atoms with van der Waals surface area (Å²) in [5, 5.41) is 10.1. The van der Waals surface area contributed by atoms with Crippen molar-refractivity contribution in [2.45, 2.75) is 19.8 Å². The summed E-state index contributed by atoms with van der Waals surface area (Å²) >= 11 is 0. The molecule has 2 heterocycles. The second kappa shape index (κ2) is 5.75. The van der Waals surface area contributed by atoms with Gasteiger partial charge in [-0.25, -0.2) is 0 Å². The van der Waals surface area contributed by atoms with Gasteiger partial charge in [0.25, 0.3) is 5.91 Å². The van der Waals surface area contributed by atoms with E-state index in [1.54, 1.807) is 11.0 Å². The molecule has 5 nitrogen and oxygen atoms in total. The lowest BCUT2D eigenvalue weighted by molar-refractivity contribution is -0.143. The van der Waals surface area contributed by atoms with Crippen LogP contribution in [-0.2, 0) is 4.79 Å². The lowest BCUT2D eigenvalue weighted by Gasteiger charge is -2.31. The number of carbonyl (C=O) groups is 2. The number of para-hydroxylation sites is 1. The van der Waals surface area contributed by atoms with Crippen LogP contribution in [0.5, 0.6) is 0 Å². The van der Waals surface area contributed by atoms with Gasteiger partial charge in [0.05, 0.1) is 17.0 Å². The van der Waals surface area contributed by atoms with Gasteiger partial charge in [-0.3, -0.25) is 14.6 Å². The molecule has 0 saturated carbocycles. The van der Waals surface area contributed by atoms with Crippen LogP contribution < -0.4 is 0 Å². The summed E-state index contributed by atoms with van der Waals surface area (Å²) in [5.41, 5.74) is 2.09. The SMILES string of the molecule is Cc1ccc2cccc(C(=O)N3CCCC(C(=O)O)C3)c2n1. The Bertz CT molecular complexity index is 742. The first-order chi connectivity index (χ1) is 10.6. The van der Waals surface area contributed by atoms with Gasteiger partial charge in [-0.2, -0.15) is 0 Å². The van der Waals surface area contributed by atoms with E-state index in [9.17, 15) is 9.59 Å². The van der Waals surface area contributed by atoms with Crippen molar-refractivity contribution in [1.29, 1.82) is 0 Å². The highest BCUT2D eigenvalue weighted by Gasteiger charge is 2.29. The third kappa shape index (κ3) is 2.66. The van der Waals surface area contributed by atoms with Crippen LogP contribution in [0.1, 0.15) is 28.9 Å². The number of fused-ring (bicyclic) bond motifs is 1. The Labute approximate surface area is 128 Å². The van der Waals surface area contributed by atoms with Crippen molar-refractivity contribution in [1.82, 2.24) is 9.88 Å². The van der Waals surface area contributed by atoms with Crippen molar-refractivity contribution in [3.05, 3.63) is 41.6 Å². The molecule has 5 heteroatoms.